The molecule has 1 aliphatic carbocycles. The topological polar surface area (TPSA) is 81.8 Å². The second-order valence-corrected chi connectivity index (χ2v) is 6.35. The van der Waals surface area contributed by atoms with E-state index in [2.05, 4.69) is 20.3 Å². The molecule has 2 heterocycles. The van der Waals surface area contributed by atoms with Crippen LogP contribution in [-0.2, 0) is 4.79 Å². The van der Waals surface area contributed by atoms with Gasteiger partial charge in [0.15, 0.2) is 5.82 Å². The van der Waals surface area contributed by atoms with Crippen LogP contribution in [0, 0.1) is 12.8 Å². The minimum Gasteiger partial charge on any atom is -0.392 e. The van der Waals surface area contributed by atoms with Crippen molar-refractivity contribution in [2.75, 3.05) is 44.6 Å². The monoisotopic (exact) mass is 308 g/mol. The number of aliphatic hydroxyl groups excluding tert-OH is 1. The van der Waals surface area contributed by atoms with E-state index in [0.717, 1.165) is 32.7 Å². The third kappa shape index (κ3) is 4.28. The second kappa shape index (κ2) is 6.76. The quantitative estimate of drug-likeness (QED) is 0.787. The summed E-state index contributed by atoms with van der Waals surface area (Å²) >= 11 is 0. The number of carbonyl (C=O) groups excluding carboxylic acids is 1. The van der Waals surface area contributed by atoms with Crippen LogP contribution in [0.4, 0.5) is 5.82 Å². The lowest BCUT2D eigenvalue weighted by atomic mass is 10.2. The Bertz CT molecular complexity index is 507. The number of amides is 1. The van der Waals surface area contributed by atoms with Gasteiger partial charge in [-0.15, -0.1) is 0 Å². The lowest BCUT2D eigenvalue weighted by Crippen LogP contribution is -2.50. The normalized spacial score (nSPS) is 21.7. The molecule has 1 amide bonds. The molecule has 7 nitrogen and oxygen atoms in total. The Morgan fingerprint density at radius 2 is 2.09 bits per heavy atom. The van der Waals surface area contributed by atoms with Crippen LogP contribution in [-0.4, -0.2) is 71.3 Å². The van der Waals surface area contributed by atoms with Gasteiger partial charge in [-0.05, 0) is 25.7 Å². The fourth-order valence-electron chi connectivity index (χ4n) is 2.84. The van der Waals surface area contributed by atoms with E-state index >= 15 is 0 Å². The Kier molecular flexibility index (Phi) is 4.75. The molecule has 0 spiro atoms. The standard InChI is InChI=1S/C15H24N4O3/c1-11-8-14(17-22-11)16-15(21)10-19-6-4-18(5-7-19)9-13(20)12-2-3-12/h8,12-13,20H,2-7,9-10H2,1H3,(H,16,17,21)/t13-/m0/s1. The van der Waals surface area contributed by atoms with E-state index in [1.165, 1.54) is 12.8 Å². The van der Waals surface area contributed by atoms with Crippen molar-refractivity contribution in [2.24, 2.45) is 5.92 Å². The van der Waals surface area contributed by atoms with Crippen LogP contribution < -0.4 is 5.32 Å². The van der Waals surface area contributed by atoms with E-state index in [1.807, 2.05) is 0 Å². The van der Waals surface area contributed by atoms with Gasteiger partial charge in [0.2, 0.25) is 5.91 Å². The average Bonchev–Trinajstić information content (AvgIpc) is 3.25. The fourth-order valence-corrected chi connectivity index (χ4v) is 2.84. The van der Waals surface area contributed by atoms with Crippen molar-refractivity contribution in [3.05, 3.63) is 11.8 Å². The molecule has 3 rings (SSSR count). The summed E-state index contributed by atoms with van der Waals surface area (Å²) in [7, 11) is 0. The molecule has 2 N–H and O–H groups in total. The van der Waals surface area contributed by atoms with Gasteiger partial charge in [0.05, 0.1) is 12.6 Å². The molecule has 122 valence electrons. The predicted molar refractivity (Wildman–Crippen MR) is 81.5 cm³/mol. The highest BCUT2D eigenvalue weighted by atomic mass is 16.5. The third-order valence-electron chi connectivity index (χ3n) is 4.34. The van der Waals surface area contributed by atoms with Gasteiger partial charge < -0.3 is 14.9 Å². The van der Waals surface area contributed by atoms with Gasteiger partial charge in [-0.3, -0.25) is 14.6 Å². The summed E-state index contributed by atoms with van der Waals surface area (Å²) in [5.74, 6) is 1.60. The Balaban J connectivity index is 1.37. The van der Waals surface area contributed by atoms with Crippen LogP contribution in [0.1, 0.15) is 18.6 Å². The van der Waals surface area contributed by atoms with Gasteiger partial charge in [0, 0.05) is 38.8 Å². The van der Waals surface area contributed by atoms with Crippen molar-refractivity contribution in [3.8, 4) is 0 Å². The summed E-state index contributed by atoms with van der Waals surface area (Å²) in [5, 5.41) is 16.5. The smallest absolute Gasteiger partial charge is 0.239 e. The summed E-state index contributed by atoms with van der Waals surface area (Å²) in [6.07, 6.45) is 2.16. The fraction of sp³-hybridized carbons (Fsp3) is 0.733. The van der Waals surface area contributed by atoms with Gasteiger partial charge >= 0.3 is 0 Å². The van der Waals surface area contributed by atoms with E-state index in [9.17, 15) is 9.90 Å². The van der Waals surface area contributed by atoms with Crippen molar-refractivity contribution in [1.29, 1.82) is 0 Å². The maximum atomic E-state index is 12.0. The molecule has 0 radical (unpaired) electrons. The van der Waals surface area contributed by atoms with Gasteiger partial charge in [-0.1, -0.05) is 5.16 Å². The Labute approximate surface area is 130 Å². The zero-order valence-electron chi connectivity index (χ0n) is 13.0. The van der Waals surface area contributed by atoms with Crippen LogP contribution in [0.15, 0.2) is 10.6 Å². The minimum atomic E-state index is -0.176. The number of aliphatic hydroxyl groups is 1. The van der Waals surface area contributed by atoms with Crippen LogP contribution in [0.5, 0.6) is 0 Å². The number of piperazine rings is 1. The second-order valence-electron chi connectivity index (χ2n) is 6.35. The summed E-state index contributed by atoms with van der Waals surface area (Å²) < 4.78 is 4.92. The highest BCUT2D eigenvalue weighted by molar-refractivity contribution is 5.91. The van der Waals surface area contributed by atoms with Crippen molar-refractivity contribution in [1.82, 2.24) is 15.0 Å². The van der Waals surface area contributed by atoms with Crippen molar-refractivity contribution in [3.63, 3.8) is 0 Å². The number of hydrogen-bond acceptors (Lipinski definition) is 6. The van der Waals surface area contributed by atoms with Gasteiger partial charge in [-0.25, -0.2) is 0 Å². The Hall–Kier alpha value is -1.44. The molecule has 0 aromatic carbocycles. The number of β-amino-alcohol motifs (C(OH)–C–C–N with tert-alkyl or cyclic N) is 1. The zero-order chi connectivity index (χ0) is 15.5. The van der Waals surface area contributed by atoms with E-state index in [-0.39, 0.29) is 12.0 Å². The summed E-state index contributed by atoms with van der Waals surface area (Å²) in [6.45, 7) is 6.43. The molecule has 2 aliphatic rings. The van der Waals surface area contributed by atoms with Gasteiger partial charge in [-0.2, -0.15) is 0 Å². The highest BCUT2D eigenvalue weighted by Crippen LogP contribution is 2.32. The molecule has 1 saturated heterocycles. The van der Waals surface area contributed by atoms with Crippen LogP contribution in [0.2, 0.25) is 0 Å². The molecule has 7 heteroatoms. The van der Waals surface area contributed by atoms with Crippen LogP contribution in [0.3, 0.4) is 0 Å². The van der Waals surface area contributed by atoms with E-state index < -0.39 is 0 Å². The summed E-state index contributed by atoms with van der Waals surface area (Å²) in [6, 6.07) is 1.70. The van der Waals surface area contributed by atoms with E-state index in [0.29, 0.717) is 24.0 Å². The van der Waals surface area contributed by atoms with E-state index in [4.69, 9.17) is 4.52 Å². The van der Waals surface area contributed by atoms with Crippen LogP contribution >= 0.6 is 0 Å². The number of aromatic nitrogens is 1. The third-order valence-corrected chi connectivity index (χ3v) is 4.34. The molecule has 0 bridgehead atoms. The Morgan fingerprint density at radius 1 is 1.41 bits per heavy atom. The molecular weight excluding hydrogens is 284 g/mol. The first-order chi connectivity index (χ1) is 10.6. The van der Waals surface area contributed by atoms with Crippen LogP contribution in [0.25, 0.3) is 0 Å². The first-order valence-corrected chi connectivity index (χ1v) is 7.96. The first-order valence-electron chi connectivity index (χ1n) is 7.96. The largest absolute Gasteiger partial charge is 0.392 e. The molecule has 0 unspecified atom stereocenters. The maximum Gasteiger partial charge on any atom is 0.239 e. The Morgan fingerprint density at radius 3 is 2.68 bits per heavy atom. The number of anilines is 1. The molecule has 1 aromatic heterocycles. The maximum absolute atomic E-state index is 12.0. The predicted octanol–water partition coefficient (Wildman–Crippen LogP) is 0.310. The molecule has 1 aliphatic heterocycles. The number of hydrogen-bond donors (Lipinski definition) is 2. The first kappa shape index (κ1) is 15.5. The van der Waals surface area contributed by atoms with Gasteiger partial charge in [0.1, 0.15) is 5.76 Å². The lowest BCUT2D eigenvalue weighted by Gasteiger charge is -2.35. The molecule has 1 atom stereocenters. The molecule has 22 heavy (non-hydrogen) atoms. The number of rotatable bonds is 6. The van der Waals surface area contributed by atoms with E-state index in [1.54, 1.807) is 13.0 Å². The average molecular weight is 308 g/mol. The molecule has 1 aromatic rings. The minimum absolute atomic E-state index is 0.0697. The van der Waals surface area contributed by atoms with Gasteiger partial charge in [0.25, 0.3) is 0 Å². The van der Waals surface area contributed by atoms with Crippen molar-refractivity contribution in [2.45, 2.75) is 25.9 Å². The number of nitrogens with one attached hydrogen (secondary N) is 1. The molecule has 2 fully saturated rings. The SMILES string of the molecule is Cc1cc(NC(=O)CN2CCN(C[C@H](O)C3CC3)CC2)no1. The highest BCUT2D eigenvalue weighted by Gasteiger charge is 2.31. The van der Waals surface area contributed by atoms with Crippen molar-refractivity contribution < 1.29 is 14.4 Å². The molecular formula is C15H24N4O3. The number of nitrogens with zero attached hydrogens (tertiary/aromatic N) is 3. The zero-order valence-corrected chi connectivity index (χ0v) is 13.0. The lowest BCUT2D eigenvalue weighted by molar-refractivity contribution is -0.117. The number of aryl methyl sites for hydroxylation is 1. The van der Waals surface area contributed by atoms with Crippen molar-refractivity contribution >= 4 is 11.7 Å². The summed E-state index contributed by atoms with van der Waals surface area (Å²) in [5.41, 5.74) is 0. The number of carbonyl (C=O) groups is 1. The molecule has 1 saturated carbocycles. The summed E-state index contributed by atoms with van der Waals surface area (Å²) in [4.78, 5) is 16.4.